The maximum Gasteiger partial charge on any atom is 0.338 e. The van der Waals surface area contributed by atoms with E-state index in [1.54, 1.807) is 12.1 Å². The van der Waals surface area contributed by atoms with Crippen molar-refractivity contribution in [2.24, 2.45) is 0 Å². The van der Waals surface area contributed by atoms with Crippen LogP contribution in [0, 0.1) is 0 Å². The third kappa shape index (κ3) is 3.11. The predicted octanol–water partition coefficient (Wildman–Crippen LogP) is 3.55. The average molecular weight is 318 g/mol. The smallest absolute Gasteiger partial charge is 0.338 e. The molecular weight excluding hydrogens is 301 g/mol. The van der Waals surface area contributed by atoms with Crippen LogP contribution in [0.4, 0.5) is 10.5 Å². The Bertz CT molecular complexity index is 547. The van der Waals surface area contributed by atoms with E-state index in [-0.39, 0.29) is 12.1 Å². The van der Waals surface area contributed by atoms with Crippen molar-refractivity contribution in [1.82, 2.24) is 10.7 Å². The molecule has 0 atom stereocenters. The molecule has 0 bridgehead atoms. The van der Waals surface area contributed by atoms with E-state index in [0.717, 1.165) is 0 Å². The fourth-order valence-electron chi connectivity index (χ4n) is 1.89. The first-order valence-electron chi connectivity index (χ1n) is 6.25. The summed E-state index contributed by atoms with van der Waals surface area (Å²) < 4.78 is 5.61. The number of carbonyl (C=O) groups excluding carboxylic acids is 1. The molecular formula is C13H17Cl2N3O2. The van der Waals surface area contributed by atoms with Crippen LogP contribution in [0.1, 0.15) is 27.7 Å². The molecule has 5 nitrogen and oxygen atoms in total. The lowest BCUT2D eigenvalue weighted by Crippen LogP contribution is -2.45. The number of hydrazine groups is 1. The molecule has 2 amide bonds. The van der Waals surface area contributed by atoms with Crippen LogP contribution in [0.25, 0.3) is 0 Å². The summed E-state index contributed by atoms with van der Waals surface area (Å²) in [5.41, 5.74) is 2.98. The van der Waals surface area contributed by atoms with E-state index in [4.69, 9.17) is 27.9 Å². The van der Waals surface area contributed by atoms with Gasteiger partial charge in [0.05, 0.1) is 21.8 Å². The van der Waals surface area contributed by atoms with E-state index in [1.807, 2.05) is 27.7 Å². The highest BCUT2D eigenvalue weighted by atomic mass is 35.5. The third-order valence-electron chi connectivity index (χ3n) is 2.62. The zero-order valence-electron chi connectivity index (χ0n) is 11.8. The van der Waals surface area contributed by atoms with Crippen LogP contribution in [-0.2, 0) is 0 Å². The lowest BCUT2D eigenvalue weighted by molar-refractivity contribution is 0.242. The van der Waals surface area contributed by atoms with Crippen LogP contribution in [0.5, 0.6) is 5.75 Å². The van der Waals surface area contributed by atoms with E-state index in [9.17, 15) is 4.79 Å². The van der Waals surface area contributed by atoms with Crippen molar-refractivity contribution < 1.29 is 9.53 Å². The van der Waals surface area contributed by atoms with Gasteiger partial charge in [0, 0.05) is 6.07 Å². The van der Waals surface area contributed by atoms with Crippen molar-refractivity contribution in [2.45, 2.75) is 39.5 Å². The Labute approximate surface area is 128 Å². The van der Waals surface area contributed by atoms with E-state index in [0.29, 0.717) is 21.5 Å². The second-order valence-electron chi connectivity index (χ2n) is 5.40. The lowest BCUT2D eigenvalue weighted by atomic mass is 10.3. The summed E-state index contributed by atoms with van der Waals surface area (Å²) >= 11 is 12.3. The summed E-state index contributed by atoms with van der Waals surface area (Å²) in [6, 6.07) is 2.93. The maximum absolute atomic E-state index is 12.0. The van der Waals surface area contributed by atoms with Crippen molar-refractivity contribution in [3.05, 3.63) is 22.2 Å². The molecule has 0 aliphatic carbocycles. The number of nitrogens with zero attached hydrogens (tertiary/aromatic N) is 1. The summed E-state index contributed by atoms with van der Waals surface area (Å²) in [5.74, 6) is 0.486. The Kier molecular flexibility index (Phi) is 4.04. The van der Waals surface area contributed by atoms with Crippen LogP contribution in [-0.4, -0.2) is 17.8 Å². The largest absolute Gasteiger partial charge is 0.489 e. The van der Waals surface area contributed by atoms with Crippen molar-refractivity contribution in [1.29, 1.82) is 0 Å². The molecule has 2 N–H and O–H groups in total. The van der Waals surface area contributed by atoms with Crippen molar-refractivity contribution in [2.75, 3.05) is 5.01 Å². The minimum Gasteiger partial charge on any atom is -0.489 e. The molecule has 0 radical (unpaired) electrons. The van der Waals surface area contributed by atoms with Gasteiger partial charge in [-0.3, -0.25) is 0 Å². The Morgan fingerprint density at radius 3 is 2.40 bits per heavy atom. The zero-order valence-corrected chi connectivity index (χ0v) is 13.3. The number of amides is 2. The minimum atomic E-state index is -0.543. The van der Waals surface area contributed by atoms with Crippen LogP contribution in [0.3, 0.4) is 0 Å². The first-order chi connectivity index (χ1) is 9.19. The van der Waals surface area contributed by atoms with Gasteiger partial charge in [0.25, 0.3) is 0 Å². The second kappa shape index (κ2) is 5.31. The van der Waals surface area contributed by atoms with Gasteiger partial charge in [0.1, 0.15) is 11.4 Å². The van der Waals surface area contributed by atoms with Crippen LogP contribution < -0.4 is 20.5 Å². The second-order valence-corrected chi connectivity index (χ2v) is 6.22. The highest BCUT2D eigenvalue weighted by Crippen LogP contribution is 2.37. The van der Waals surface area contributed by atoms with Gasteiger partial charge in [-0.05, 0) is 33.8 Å². The molecule has 1 aromatic rings. The number of nitrogens with one attached hydrogen (secondary N) is 2. The molecule has 1 aliphatic heterocycles. The first kappa shape index (κ1) is 15.2. The normalized spacial score (nSPS) is 17.6. The van der Waals surface area contributed by atoms with Crippen molar-refractivity contribution in [3.63, 3.8) is 0 Å². The standard InChI is InChI=1S/C13H17Cl2N3O2/c1-7(2)20-11-6-10(8(14)5-9(11)15)18-12(19)16-13(3,4)17-18/h5-7,17H,1-4H3,(H,16,19). The molecule has 0 saturated carbocycles. The molecule has 1 aromatic carbocycles. The number of urea groups is 1. The fourth-order valence-corrected chi connectivity index (χ4v) is 2.40. The van der Waals surface area contributed by atoms with E-state index < -0.39 is 5.66 Å². The van der Waals surface area contributed by atoms with Gasteiger partial charge in [0.15, 0.2) is 0 Å². The number of benzene rings is 1. The quantitative estimate of drug-likeness (QED) is 0.896. The molecule has 110 valence electrons. The summed E-state index contributed by atoms with van der Waals surface area (Å²) in [4.78, 5) is 12.0. The van der Waals surface area contributed by atoms with E-state index in [1.165, 1.54) is 5.01 Å². The Morgan fingerprint density at radius 1 is 1.25 bits per heavy atom. The summed E-state index contributed by atoms with van der Waals surface area (Å²) in [7, 11) is 0. The molecule has 2 rings (SSSR count). The Balaban J connectivity index is 2.39. The predicted molar refractivity (Wildman–Crippen MR) is 80.5 cm³/mol. The molecule has 7 heteroatoms. The molecule has 1 fully saturated rings. The summed E-state index contributed by atoms with van der Waals surface area (Å²) in [6.45, 7) is 7.49. The van der Waals surface area contributed by atoms with E-state index in [2.05, 4.69) is 10.7 Å². The molecule has 1 saturated heterocycles. The topological polar surface area (TPSA) is 53.6 Å². The molecule has 0 spiro atoms. The lowest BCUT2D eigenvalue weighted by Gasteiger charge is -2.22. The summed E-state index contributed by atoms with van der Waals surface area (Å²) in [6.07, 6.45) is -0.0293. The highest BCUT2D eigenvalue weighted by Gasteiger charge is 2.36. The van der Waals surface area contributed by atoms with Gasteiger partial charge in [0.2, 0.25) is 0 Å². The van der Waals surface area contributed by atoms with Crippen molar-refractivity contribution >= 4 is 34.9 Å². The van der Waals surface area contributed by atoms with Gasteiger partial charge in [-0.15, -0.1) is 0 Å². The first-order valence-corrected chi connectivity index (χ1v) is 7.01. The highest BCUT2D eigenvalue weighted by molar-refractivity contribution is 6.37. The van der Waals surface area contributed by atoms with Gasteiger partial charge in [-0.1, -0.05) is 23.2 Å². The van der Waals surface area contributed by atoms with Gasteiger partial charge in [-0.2, -0.15) is 0 Å². The molecule has 1 heterocycles. The number of rotatable bonds is 3. The maximum atomic E-state index is 12.0. The number of halogens is 2. The van der Waals surface area contributed by atoms with Gasteiger partial charge in [-0.25, -0.2) is 15.2 Å². The molecule has 0 aromatic heterocycles. The molecule has 1 aliphatic rings. The average Bonchev–Trinajstić information content (AvgIpc) is 2.55. The third-order valence-corrected chi connectivity index (χ3v) is 3.22. The molecule has 0 unspecified atom stereocenters. The number of hydrogen-bond acceptors (Lipinski definition) is 3. The van der Waals surface area contributed by atoms with Crippen LogP contribution in [0.15, 0.2) is 12.1 Å². The minimum absolute atomic E-state index is 0.0293. The zero-order chi connectivity index (χ0) is 15.1. The monoisotopic (exact) mass is 317 g/mol. The van der Waals surface area contributed by atoms with Crippen molar-refractivity contribution in [3.8, 4) is 5.75 Å². The fraction of sp³-hybridized carbons (Fsp3) is 0.462. The Hall–Kier alpha value is -1.17. The van der Waals surface area contributed by atoms with E-state index >= 15 is 0 Å². The number of carbonyl (C=O) groups is 1. The number of ether oxygens (including phenoxy) is 1. The number of hydrogen-bond donors (Lipinski definition) is 2. The van der Waals surface area contributed by atoms with Gasteiger partial charge < -0.3 is 10.1 Å². The molecule has 20 heavy (non-hydrogen) atoms. The van der Waals surface area contributed by atoms with Crippen LogP contribution >= 0.6 is 23.2 Å². The Morgan fingerprint density at radius 2 is 1.90 bits per heavy atom. The summed E-state index contributed by atoms with van der Waals surface area (Å²) in [5, 5.41) is 4.92. The number of anilines is 1. The van der Waals surface area contributed by atoms with Gasteiger partial charge >= 0.3 is 6.03 Å². The SMILES string of the molecule is CC(C)Oc1cc(N2NC(C)(C)NC2=O)c(Cl)cc1Cl. The van der Waals surface area contributed by atoms with Crippen LogP contribution in [0.2, 0.25) is 10.0 Å².